The number of hydrogen-bond donors (Lipinski definition) is 2. The fraction of sp³-hybridized carbons (Fsp3) is 0.409. The number of carbonyl (C=O) groups excluding carboxylic acids is 1. The molecule has 0 spiro atoms. The Morgan fingerprint density at radius 2 is 1.78 bits per heavy atom. The maximum absolute atomic E-state index is 12.2. The van der Waals surface area contributed by atoms with Gasteiger partial charge in [0.1, 0.15) is 12.4 Å². The average molecular weight is 389 g/mol. The molecular weight excluding hydrogens is 360 g/mol. The summed E-state index contributed by atoms with van der Waals surface area (Å²) in [7, 11) is 0. The number of ether oxygens (including phenoxy) is 1. The third kappa shape index (κ3) is 6.56. The van der Waals surface area contributed by atoms with Crippen molar-refractivity contribution in [2.75, 3.05) is 19.6 Å². The molecule has 0 bridgehead atoms. The molecule has 1 aliphatic carbocycles. The zero-order valence-corrected chi connectivity index (χ0v) is 16.6. The fourth-order valence-corrected chi connectivity index (χ4v) is 3.11. The van der Waals surface area contributed by atoms with E-state index in [-0.39, 0.29) is 24.2 Å². The van der Waals surface area contributed by atoms with E-state index in [1.165, 1.54) is 5.56 Å². The van der Waals surface area contributed by atoms with E-state index in [9.17, 15) is 4.79 Å². The minimum atomic E-state index is 0. The van der Waals surface area contributed by atoms with Crippen LogP contribution >= 0.6 is 12.4 Å². The SMILES string of the molecule is CCCNCCNC(=O)C1CC1c1ccc(OCc2ccccc2)cc1.Cl. The second-order valence-electron chi connectivity index (χ2n) is 6.83. The van der Waals surface area contributed by atoms with E-state index in [2.05, 4.69) is 41.8 Å². The molecule has 2 aromatic rings. The van der Waals surface area contributed by atoms with Crippen LogP contribution in [0.15, 0.2) is 54.6 Å². The van der Waals surface area contributed by atoms with E-state index in [4.69, 9.17) is 4.74 Å². The first kappa shape index (κ1) is 21.3. The van der Waals surface area contributed by atoms with Gasteiger partial charge < -0.3 is 15.4 Å². The van der Waals surface area contributed by atoms with Crippen LogP contribution < -0.4 is 15.4 Å². The second-order valence-corrected chi connectivity index (χ2v) is 6.83. The van der Waals surface area contributed by atoms with Gasteiger partial charge in [-0.25, -0.2) is 0 Å². The van der Waals surface area contributed by atoms with Gasteiger partial charge in [-0.1, -0.05) is 49.4 Å². The molecule has 0 saturated heterocycles. The number of rotatable bonds is 10. The van der Waals surface area contributed by atoms with Crippen LogP contribution in [0.3, 0.4) is 0 Å². The third-order valence-electron chi connectivity index (χ3n) is 4.71. The molecule has 0 heterocycles. The Bertz CT molecular complexity index is 691. The Labute approximate surface area is 168 Å². The lowest BCUT2D eigenvalue weighted by molar-refractivity contribution is -0.122. The predicted octanol–water partition coefficient (Wildman–Crippen LogP) is 3.91. The summed E-state index contributed by atoms with van der Waals surface area (Å²) >= 11 is 0. The summed E-state index contributed by atoms with van der Waals surface area (Å²) in [6.45, 7) is 5.25. The smallest absolute Gasteiger partial charge is 0.223 e. The lowest BCUT2D eigenvalue weighted by atomic mass is 10.1. The quantitative estimate of drug-likeness (QED) is 0.607. The predicted molar refractivity (Wildman–Crippen MR) is 111 cm³/mol. The lowest BCUT2D eigenvalue weighted by Gasteiger charge is -2.08. The van der Waals surface area contributed by atoms with Gasteiger partial charge in [0.2, 0.25) is 5.91 Å². The molecule has 0 radical (unpaired) electrons. The highest BCUT2D eigenvalue weighted by Crippen LogP contribution is 2.47. The average Bonchev–Trinajstić information content (AvgIpc) is 3.48. The Hall–Kier alpha value is -2.04. The van der Waals surface area contributed by atoms with Crippen LogP contribution in [-0.2, 0) is 11.4 Å². The highest BCUT2D eigenvalue weighted by Gasteiger charge is 2.43. The Morgan fingerprint density at radius 1 is 1.04 bits per heavy atom. The van der Waals surface area contributed by atoms with Crippen molar-refractivity contribution in [1.29, 1.82) is 0 Å². The van der Waals surface area contributed by atoms with Crippen molar-refractivity contribution >= 4 is 18.3 Å². The van der Waals surface area contributed by atoms with Gasteiger partial charge in [-0.05, 0) is 48.6 Å². The molecule has 1 amide bonds. The van der Waals surface area contributed by atoms with Crippen LogP contribution in [0.25, 0.3) is 0 Å². The van der Waals surface area contributed by atoms with Crippen LogP contribution in [0.5, 0.6) is 5.75 Å². The molecule has 1 fully saturated rings. The maximum atomic E-state index is 12.2. The van der Waals surface area contributed by atoms with Crippen LogP contribution in [0.1, 0.15) is 36.8 Å². The summed E-state index contributed by atoms with van der Waals surface area (Å²) in [5, 5.41) is 6.32. The summed E-state index contributed by atoms with van der Waals surface area (Å²) < 4.78 is 5.82. The first-order valence-electron chi connectivity index (χ1n) is 9.53. The number of nitrogens with one attached hydrogen (secondary N) is 2. The molecule has 1 aliphatic rings. The minimum Gasteiger partial charge on any atom is -0.489 e. The monoisotopic (exact) mass is 388 g/mol. The summed E-state index contributed by atoms with van der Waals surface area (Å²) in [6.07, 6.45) is 2.06. The van der Waals surface area contributed by atoms with Crippen LogP contribution in [0, 0.1) is 5.92 Å². The van der Waals surface area contributed by atoms with Crippen molar-refractivity contribution in [3.05, 3.63) is 65.7 Å². The van der Waals surface area contributed by atoms with Gasteiger partial charge in [0.25, 0.3) is 0 Å². The van der Waals surface area contributed by atoms with Crippen molar-refractivity contribution in [3.63, 3.8) is 0 Å². The van der Waals surface area contributed by atoms with Crippen molar-refractivity contribution < 1.29 is 9.53 Å². The minimum absolute atomic E-state index is 0. The van der Waals surface area contributed by atoms with E-state index in [0.29, 0.717) is 19.1 Å². The molecule has 2 aromatic carbocycles. The van der Waals surface area contributed by atoms with Crippen molar-refractivity contribution in [3.8, 4) is 5.75 Å². The molecule has 146 valence electrons. The highest BCUT2D eigenvalue weighted by molar-refractivity contribution is 5.85. The summed E-state index contributed by atoms with van der Waals surface area (Å²) in [4.78, 5) is 12.2. The van der Waals surface area contributed by atoms with Gasteiger partial charge in [-0.3, -0.25) is 4.79 Å². The Kier molecular flexibility index (Phi) is 8.62. The topological polar surface area (TPSA) is 50.4 Å². The molecule has 2 atom stereocenters. The fourth-order valence-electron chi connectivity index (χ4n) is 3.11. The third-order valence-corrected chi connectivity index (χ3v) is 4.71. The van der Waals surface area contributed by atoms with Crippen LogP contribution in [0.2, 0.25) is 0 Å². The number of hydrogen-bond acceptors (Lipinski definition) is 3. The van der Waals surface area contributed by atoms with Gasteiger partial charge in [0, 0.05) is 19.0 Å². The standard InChI is InChI=1S/C22H28N2O2.ClH/c1-2-12-23-13-14-24-22(25)21-15-20(21)18-8-10-19(11-9-18)26-16-17-6-4-3-5-7-17;/h3-11,20-21,23H,2,12-16H2,1H3,(H,24,25);1H. The van der Waals surface area contributed by atoms with Crippen LogP contribution in [-0.4, -0.2) is 25.5 Å². The molecule has 0 aromatic heterocycles. The zero-order chi connectivity index (χ0) is 18.2. The van der Waals surface area contributed by atoms with E-state index < -0.39 is 0 Å². The zero-order valence-electron chi connectivity index (χ0n) is 15.8. The number of amides is 1. The van der Waals surface area contributed by atoms with Crippen LogP contribution in [0.4, 0.5) is 0 Å². The van der Waals surface area contributed by atoms with E-state index in [0.717, 1.165) is 37.2 Å². The molecule has 2 unspecified atom stereocenters. The molecule has 5 heteroatoms. The largest absolute Gasteiger partial charge is 0.489 e. The second kappa shape index (κ2) is 11.0. The molecule has 1 saturated carbocycles. The van der Waals surface area contributed by atoms with Gasteiger partial charge >= 0.3 is 0 Å². The number of benzene rings is 2. The summed E-state index contributed by atoms with van der Waals surface area (Å²) in [5.74, 6) is 1.51. The van der Waals surface area contributed by atoms with Crippen molar-refractivity contribution in [2.24, 2.45) is 5.92 Å². The molecule has 4 nitrogen and oxygen atoms in total. The Morgan fingerprint density at radius 3 is 2.48 bits per heavy atom. The van der Waals surface area contributed by atoms with Crippen molar-refractivity contribution in [2.45, 2.75) is 32.3 Å². The van der Waals surface area contributed by atoms with Gasteiger partial charge in [0.15, 0.2) is 0 Å². The normalized spacial score (nSPS) is 17.7. The van der Waals surface area contributed by atoms with E-state index in [1.807, 2.05) is 30.3 Å². The van der Waals surface area contributed by atoms with Gasteiger partial charge in [-0.2, -0.15) is 0 Å². The molecular formula is C22H29ClN2O2. The molecule has 2 N–H and O–H groups in total. The number of halogens is 1. The first-order chi connectivity index (χ1) is 12.8. The summed E-state index contributed by atoms with van der Waals surface area (Å²) in [5.41, 5.74) is 2.38. The number of carbonyl (C=O) groups is 1. The first-order valence-corrected chi connectivity index (χ1v) is 9.53. The van der Waals surface area contributed by atoms with E-state index in [1.54, 1.807) is 0 Å². The molecule has 27 heavy (non-hydrogen) atoms. The summed E-state index contributed by atoms with van der Waals surface area (Å²) in [6, 6.07) is 18.3. The Balaban J connectivity index is 0.00000261. The lowest BCUT2D eigenvalue weighted by Crippen LogP contribution is -2.33. The van der Waals surface area contributed by atoms with Gasteiger partial charge in [0.05, 0.1) is 0 Å². The van der Waals surface area contributed by atoms with Crippen molar-refractivity contribution in [1.82, 2.24) is 10.6 Å². The van der Waals surface area contributed by atoms with E-state index >= 15 is 0 Å². The maximum Gasteiger partial charge on any atom is 0.223 e. The highest BCUT2D eigenvalue weighted by atomic mass is 35.5. The van der Waals surface area contributed by atoms with Gasteiger partial charge in [-0.15, -0.1) is 12.4 Å². The molecule has 3 rings (SSSR count). The molecule has 0 aliphatic heterocycles.